The number of nitrogens with one attached hydrogen (secondary N) is 1. The Kier molecular flexibility index (Phi) is 6.12. The Bertz CT molecular complexity index is 663. The molecule has 0 unspecified atom stereocenters. The lowest BCUT2D eigenvalue weighted by molar-refractivity contribution is -0.117. The maximum absolute atomic E-state index is 12.6. The zero-order valence-corrected chi connectivity index (χ0v) is 13.6. The van der Waals surface area contributed by atoms with Gasteiger partial charge in [0.25, 0.3) is 0 Å². The molecule has 0 aliphatic rings. The van der Waals surface area contributed by atoms with E-state index >= 15 is 0 Å². The molecule has 0 heterocycles. The van der Waals surface area contributed by atoms with E-state index in [1.54, 1.807) is 23.1 Å². The van der Waals surface area contributed by atoms with Gasteiger partial charge in [0, 0.05) is 11.7 Å². The molecule has 1 N–H and O–H groups in total. The predicted octanol–water partition coefficient (Wildman–Crippen LogP) is 4.14. The maximum atomic E-state index is 12.6. The molecule has 2 aromatic rings. The van der Waals surface area contributed by atoms with Crippen molar-refractivity contribution in [1.29, 1.82) is 0 Å². The number of alkyl halides is 2. The average molecular weight is 334 g/mol. The van der Waals surface area contributed by atoms with Crippen molar-refractivity contribution in [1.82, 2.24) is 0 Å². The second-order valence-electron chi connectivity index (χ2n) is 5.42. The fourth-order valence-electron chi connectivity index (χ4n) is 2.39. The third-order valence-electron chi connectivity index (χ3n) is 3.35. The summed E-state index contributed by atoms with van der Waals surface area (Å²) in [5, 5.41) is 2.87. The summed E-state index contributed by atoms with van der Waals surface area (Å²) < 4.78 is 29.3. The summed E-state index contributed by atoms with van der Waals surface area (Å²) >= 11 is 0. The van der Waals surface area contributed by atoms with Gasteiger partial charge in [-0.15, -0.1) is 0 Å². The molecule has 0 aromatic heterocycles. The molecule has 0 saturated carbocycles. The molecule has 2 rings (SSSR count). The van der Waals surface area contributed by atoms with Crippen LogP contribution < -0.4 is 15.0 Å². The van der Waals surface area contributed by atoms with Gasteiger partial charge in [0.15, 0.2) is 0 Å². The smallest absolute Gasteiger partial charge is 0.387 e. The average Bonchev–Trinajstić information content (AvgIpc) is 2.54. The molecule has 0 spiro atoms. The number of ether oxygens (including phenoxy) is 1. The van der Waals surface area contributed by atoms with Crippen LogP contribution in [0, 0.1) is 0 Å². The van der Waals surface area contributed by atoms with Crippen molar-refractivity contribution in [2.45, 2.75) is 26.5 Å². The van der Waals surface area contributed by atoms with E-state index < -0.39 is 6.61 Å². The monoisotopic (exact) mass is 334 g/mol. The van der Waals surface area contributed by atoms with Crippen LogP contribution in [0.1, 0.15) is 13.8 Å². The molecule has 6 heteroatoms. The fourth-order valence-corrected chi connectivity index (χ4v) is 2.39. The van der Waals surface area contributed by atoms with Gasteiger partial charge in [-0.25, -0.2) is 0 Å². The zero-order valence-electron chi connectivity index (χ0n) is 13.6. The number of benzene rings is 2. The summed E-state index contributed by atoms with van der Waals surface area (Å²) in [5.41, 5.74) is 1.14. The molecule has 0 aliphatic heterocycles. The van der Waals surface area contributed by atoms with Crippen molar-refractivity contribution >= 4 is 17.3 Å². The highest BCUT2D eigenvalue weighted by molar-refractivity contribution is 5.96. The second-order valence-corrected chi connectivity index (χ2v) is 5.42. The van der Waals surface area contributed by atoms with E-state index in [0.29, 0.717) is 5.69 Å². The predicted molar refractivity (Wildman–Crippen MR) is 90.6 cm³/mol. The number of nitrogens with zero attached hydrogens (tertiary/aromatic N) is 1. The van der Waals surface area contributed by atoms with Crippen LogP contribution in [0.15, 0.2) is 54.6 Å². The molecule has 128 valence electrons. The van der Waals surface area contributed by atoms with Crippen molar-refractivity contribution in [3.05, 3.63) is 54.6 Å². The van der Waals surface area contributed by atoms with Crippen LogP contribution in [0.3, 0.4) is 0 Å². The van der Waals surface area contributed by atoms with Crippen LogP contribution in [-0.4, -0.2) is 25.1 Å². The quantitative estimate of drug-likeness (QED) is 0.827. The Morgan fingerprint density at radius 2 is 1.71 bits per heavy atom. The minimum Gasteiger partial charge on any atom is -0.433 e. The lowest BCUT2D eigenvalue weighted by Gasteiger charge is -2.27. The maximum Gasteiger partial charge on any atom is 0.387 e. The first-order chi connectivity index (χ1) is 11.5. The largest absolute Gasteiger partial charge is 0.433 e. The third-order valence-corrected chi connectivity index (χ3v) is 3.35. The summed E-state index contributed by atoms with van der Waals surface area (Å²) in [5.74, 6) is -0.154. The summed E-state index contributed by atoms with van der Waals surface area (Å²) in [6.45, 7) is 0.883. The number of carbonyl (C=O) groups excluding carboxylic acids is 1. The van der Waals surface area contributed by atoms with Gasteiger partial charge in [0.2, 0.25) is 5.91 Å². The van der Waals surface area contributed by atoms with Crippen LogP contribution in [0.25, 0.3) is 0 Å². The van der Waals surface area contributed by atoms with E-state index in [4.69, 9.17) is 0 Å². The molecular weight excluding hydrogens is 314 g/mol. The number of carbonyl (C=O) groups is 1. The van der Waals surface area contributed by atoms with Crippen LogP contribution in [-0.2, 0) is 4.79 Å². The van der Waals surface area contributed by atoms with E-state index in [-0.39, 0.29) is 24.2 Å². The third kappa shape index (κ3) is 4.68. The lowest BCUT2D eigenvalue weighted by Crippen LogP contribution is -2.40. The van der Waals surface area contributed by atoms with Crippen molar-refractivity contribution in [2.24, 2.45) is 0 Å². The Morgan fingerprint density at radius 3 is 2.33 bits per heavy atom. The van der Waals surface area contributed by atoms with Crippen LogP contribution in [0.2, 0.25) is 0 Å². The molecular formula is C18H20F2N2O2. The van der Waals surface area contributed by atoms with Crippen LogP contribution >= 0.6 is 0 Å². The lowest BCUT2D eigenvalue weighted by atomic mass is 10.2. The molecule has 2 aromatic carbocycles. The van der Waals surface area contributed by atoms with Crippen molar-refractivity contribution in [3.8, 4) is 5.75 Å². The molecule has 0 saturated heterocycles. The van der Waals surface area contributed by atoms with E-state index in [9.17, 15) is 13.6 Å². The van der Waals surface area contributed by atoms with Gasteiger partial charge < -0.3 is 15.0 Å². The Balaban J connectivity index is 2.09. The summed E-state index contributed by atoms with van der Waals surface area (Å²) in [6, 6.07) is 15.6. The van der Waals surface area contributed by atoms with E-state index in [2.05, 4.69) is 10.1 Å². The standard InChI is InChI=1S/C18H20F2N2O2/c1-13(2)22(14-8-4-3-5-9-14)17(23)12-21-15-10-6-7-11-16(15)24-18(19)20/h3-11,13,18,21H,12H2,1-2H3. The van der Waals surface area contributed by atoms with Gasteiger partial charge in [-0.3, -0.25) is 4.79 Å². The highest BCUT2D eigenvalue weighted by atomic mass is 19.3. The summed E-state index contributed by atoms with van der Waals surface area (Å²) in [6.07, 6.45) is 0. The van der Waals surface area contributed by atoms with Gasteiger partial charge in [-0.2, -0.15) is 8.78 Å². The Labute approximate surface area is 140 Å². The fraction of sp³-hybridized carbons (Fsp3) is 0.278. The minimum absolute atomic E-state index is 0.0103. The number of hydrogen-bond donors (Lipinski definition) is 1. The van der Waals surface area contributed by atoms with Gasteiger partial charge in [-0.05, 0) is 38.1 Å². The van der Waals surface area contributed by atoms with Gasteiger partial charge in [-0.1, -0.05) is 30.3 Å². The number of hydrogen-bond acceptors (Lipinski definition) is 3. The number of halogens is 2. The topological polar surface area (TPSA) is 41.6 Å². The number of para-hydroxylation sites is 3. The Morgan fingerprint density at radius 1 is 1.08 bits per heavy atom. The molecule has 0 bridgehead atoms. The normalized spacial score (nSPS) is 10.8. The highest BCUT2D eigenvalue weighted by Gasteiger charge is 2.19. The van der Waals surface area contributed by atoms with Crippen LogP contribution in [0.4, 0.5) is 20.2 Å². The number of anilines is 2. The van der Waals surface area contributed by atoms with Crippen LogP contribution in [0.5, 0.6) is 5.75 Å². The van der Waals surface area contributed by atoms with E-state index in [1.807, 2.05) is 44.2 Å². The van der Waals surface area contributed by atoms with Gasteiger partial charge in [0.05, 0.1) is 12.2 Å². The second kappa shape index (κ2) is 8.29. The molecule has 0 atom stereocenters. The molecule has 4 nitrogen and oxygen atoms in total. The molecule has 0 fully saturated rings. The highest BCUT2D eigenvalue weighted by Crippen LogP contribution is 2.25. The molecule has 1 amide bonds. The first-order valence-electron chi connectivity index (χ1n) is 7.64. The SMILES string of the molecule is CC(C)N(C(=O)CNc1ccccc1OC(F)F)c1ccccc1. The number of rotatable bonds is 7. The summed E-state index contributed by atoms with van der Waals surface area (Å²) in [7, 11) is 0. The van der Waals surface area contributed by atoms with Crippen molar-refractivity contribution < 1.29 is 18.3 Å². The number of amides is 1. The van der Waals surface area contributed by atoms with E-state index in [1.165, 1.54) is 6.07 Å². The van der Waals surface area contributed by atoms with Gasteiger partial charge in [0.1, 0.15) is 5.75 Å². The van der Waals surface area contributed by atoms with Gasteiger partial charge >= 0.3 is 6.61 Å². The van der Waals surface area contributed by atoms with E-state index in [0.717, 1.165) is 5.69 Å². The molecule has 24 heavy (non-hydrogen) atoms. The first-order valence-corrected chi connectivity index (χ1v) is 7.64. The Hall–Kier alpha value is -2.63. The molecule has 0 radical (unpaired) electrons. The van der Waals surface area contributed by atoms with Crippen molar-refractivity contribution in [3.63, 3.8) is 0 Å². The minimum atomic E-state index is -2.92. The zero-order chi connectivity index (χ0) is 17.5. The van der Waals surface area contributed by atoms with Crippen molar-refractivity contribution in [2.75, 3.05) is 16.8 Å². The molecule has 0 aliphatic carbocycles. The first kappa shape index (κ1) is 17.7. The summed E-state index contributed by atoms with van der Waals surface area (Å²) in [4.78, 5) is 14.2.